The highest BCUT2D eigenvalue weighted by Crippen LogP contribution is 2.35. The van der Waals surface area contributed by atoms with Crippen LogP contribution in [0.25, 0.3) is 0 Å². The molecule has 0 radical (unpaired) electrons. The van der Waals surface area contributed by atoms with Crippen LogP contribution in [0.5, 0.6) is 5.75 Å². The molecular weight excluding hydrogens is 226 g/mol. The molecule has 3 nitrogen and oxygen atoms in total. The first-order chi connectivity index (χ1) is 7.61. The zero-order valence-electron chi connectivity index (χ0n) is 9.13. The summed E-state index contributed by atoms with van der Waals surface area (Å²) in [5.74, 6) is 0.353. The predicted octanol–water partition coefficient (Wildman–Crippen LogP) is 2.33. The maximum absolute atomic E-state index is 11.7. The third-order valence-electron chi connectivity index (χ3n) is 2.48. The fourth-order valence-corrected chi connectivity index (χ4v) is 1.84. The van der Waals surface area contributed by atoms with Crippen LogP contribution < -0.4 is 10.5 Å². The quantitative estimate of drug-likeness (QED) is 0.821. The molecule has 0 saturated heterocycles. The van der Waals surface area contributed by atoms with Crippen molar-refractivity contribution in [3.8, 4) is 5.75 Å². The Morgan fingerprint density at radius 3 is 2.81 bits per heavy atom. The Bertz CT molecular complexity index is 427. The Labute approximate surface area is 99.5 Å². The van der Waals surface area contributed by atoms with Crippen molar-refractivity contribution in [1.82, 2.24) is 0 Å². The van der Waals surface area contributed by atoms with E-state index >= 15 is 0 Å². The van der Waals surface area contributed by atoms with Crippen LogP contribution in [-0.4, -0.2) is 18.4 Å². The van der Waals surface area contributed by atoms with E-state index in [-0.39, 0.29) is 18.4 Å². The van der Waals surface area contributed by atoms with E-state index < -0.39 is 0 Å². The monoisotopic (exact) mass is 239 g/mol. The van der Waals surface area contributed by atoms with Gasteiger partial charge in [-0.15, -0.1) is 0 Å². The van der Waals surface area contributed by atoms with Gasteiger partial charge < -0.3 is 10.5 Å². The average molecular weight is 240 g/mol. The Hall–Kier alpha value is -1.06. The van der Waals surface area contributed by atoms with Crippen LogP contribution in [0.15, 0.2) is 12.1 Å². The lowest BCUT2D eigenvalue weighted by Gasteiger charge is -2.12. The number of halogens is 1. The largest absolute Gasteiger partial charge is 0.488 e. The number of carbonyl (C=O) groups is 1. The van der Waals surface area contributed by atoms with E-state index in [9.17, 15) is 4.79 Å². The van der Waals surface area contributed by atoms with E-state index in [0.29, 0.717) is 16.3 Å². The first kappa shape index (κ1) is 11.4. The summed E-state index contributed by atoms with van der Waals surface area (Å²) in [4.78, 5) is 11.7. The molecule has 0 unspecified atom stereocenters. The number of rotatable bonds is 4. The second-order valence-corrected chi connectivity index (χ2v) is 4.48. The topological polar surface area (TPSA) is 52.3 Å². The Kier molecular flexibility index (Phi) is 3.17. The molecule has 16 heavy (non-hydrogen) atoms. The molecule has 0 aromatic heterocycles. The molecule has 0 atom stereocenters. The van der Waals surface area contributed by atoms with Crippen LogP contribution in [0.2, 0.25) is 5.02 Å². The van der Waals surface area contributed by atoms with Gasteiger partial charge in [-0.2, -0.15) is 0 Å². The normalized spacial score (nSPS) is 14.9. The molecule has 86 valence electrons. The van der Waals surface area contributed by atoms with Crippen molar-refractivity contribution < 1.29 is 9.53 Å². The fourth-order valence-electron chi connectivity index (χ4n) is 1.52. The molecule has 1 fully saturated rings. The molecule has 4 heteroatoms. The number of nitrogens with two attached hydrogens (primary N) is 1. The van der Waals surface area contributed by atoms with Gasteiger partial charge in [0.15, 0.2) is 5.78 Å². The SMILES string of the molecule is Cc1cc(Cl)c(OC2CC2)c(C(=O)CN)c1. The van der Waals surface area contributed by atoms with Crippen molar-refractivity contribution in [1.29, 1.82) is 0 Å². The lowest BCUT2D eigenvalue weighted by atomic mass is 10.1. The number of ether oxygens (including phenoxy) is 1. The van der Waals surface area contributed by atoms with Crippen LogP contribution in [0, 0.1) is 6.92 Å². The van der Waals surface area contributed by atoms with E-state index in [1.54, 1.807) is 12.1 Å². The van der Waals surface area contributed by atoms with Crippen molar-refractivity contribution in [3.63, 3.8) is 0 Å². The highest BCUT2D eigenvalue weighted by Gasteiger charge is 2.27. The van der Waals surface area contributed by atoms with E-state index in [4.69, 9.17) is 22.1 Å². The second kappa shape index (κ2) is 4.44. The standard InChI is InChI=1S/C12H14ClNO2/c1-7-4-9(11(15)6-14)12(10(13)5-7)16-8-2-3-8/h4-5,8H,2-3,6,14H2,1H3. The van der Waals surface area contributed by atoms with Gasteiger partial charge in [-0.05, 0) is 37.5 Å². The summed E-state index contributed by atoms with van der Waals surface area (Å²) >= 11 is 6.09. The van der Waals surface area contributed by atoms with Gasteiger partial charge in [-0.25, -0.2) is 0 Å². The summed E-state index contributed by atoms with van der Waals surface area (Å²) in [5.41, 5.74) is 6.81. The van der Waals surface area contributed by atoms with E-state index in [1.165, 1.54) is 0 Å². The summed E-state index contributed by atoms with van der Waals surface area (Å²) < 4.78 is 5.66. The number of aryl methyl sites for hydroxylation is 1. The molecule has 0 amide bonds. The van der Waals surface area contributed by atoms with Gasteiger partial charge in [0, 0.05) is 0 Å². The Balaban J connectivity index is 2.40. The number of ketones is 1. The maximum atomic E-state index is 11.7. The maximum Gasteiger partial charge on any atom is 0.180 e. The van der Waals surface area contributed by atoms with Crippen LogP contribution in [0.1, 0.15) is 28.8 Å². The van der Waals surface area contributed by atoms with Crippen LogP contribution in [-0.2, 0) is 0 Å². The number of hydrogen-bond acceptors (Lipinski definition) is 3. The lowest BCUT2D eigenvalue weighted by Crippen LogP contribution is -2.15. The zero-order chi connectivity index (χ0) is 11.7. The number of benzene rings is 1. The van der Waals surface area contributed by atoms with Gasteiger partial charge in [-0.1, -0.05) is 11.6 Å². The summed E-state index contributed by atoms with van der Waals surface area (Å²) in [6.45, 7) is 1.86. The van der Waals surface area contributed by atoms with Gasteiger partial charge >= 0.3 is 0 Å². The molecule has 1 saturated carbocycles. The lowest BCUT2D eigenvalue weighted by molar-refractivity contribution is 0.0997. The van der Waals surface area contributed by atoms with Crippen molar-refractivity contribution in [2.45, 2.75) is 25.9 Å². The highest BCUT2D eigenvalue weighted by molar-refractivity contribution is 6.32. The molecule has 1 aliphatic rings. The summed E-state index contributed by atoms with van der Waals surface area (Å²) in [6, 6.07) is 3.57. The van der Waals surface area contributed by atoms with Crippen molar-refractivity contribution >= 4 is 17.4 Å². The van der Waals surface area contributed by atoms with E-state index in [1.807, 2.05) is 6.92 Å². The van der Waals surface area contributed by atoms with Crippen LogP contribution in [0.4, 0.5) is 0 Å². The number of Topliss-reactive ketones (excluding diaryl/α,β-unsaturated/α-hetero) is 1. The predicted molar refractivity (Wildman–Crippen MR) is 63.2 cm³/mol. The molecule has 0 spiro atoms. The molecule has 1 aliphatic carbocycles. The van der Waals surface area contributed by atoms with Crippen molar-refractivity contribution in [3.05, 3.63) is 28.3 Å². The van der Waals surface area contributed by atoms with Gasteiger partial charge in [0.1, 0.15) is 5.75 Å². The average Bonchev–Trinajstić information content (AvgIpc) is 3.04. The summed E-state index contributed by atoms with van der Waals surface area (Å²) in [6.07, 6.45) is 2.27. The molecule has 2 rings (SSSR count). The first-order valence-corrected chi connectivity index (χ1v) is 5.69. The first-order valence-electron chi connectivity index (χ1n) is 5.32. The van der Waals surface area contributed by atoms with Gasteiger partial charge in [-0.3, -0.25) is 4.79 Å². The fraction of sp³-hybridized carbons (Fsp3) is 0.417. The highest BCUT2D eigenvalue weighted by atomic mass is 35.5. The Morgan fingerprint density at radius 2 is 2.25 bits per heavy atom. The minimum atomic E-state index is -0.138. The van der Waals surface area contributed by atoms with Gasteiger partial charge in [0.2, 0.25) is 0 Å². The van der Waals surface area contributed by atoms with Gasteiger partial charge in [0.25, 0.3) is 0 Å². The summed E-state index contributed by atoms with van der Waals surface area (Å²) in [7, 11) is 0. The number of hydrogen-bond donors (Lipinski definition) is 1. The molecular formula is C12H14ClNO2. The Morgan fingerprint density at radius 1 is 1.56 bits per heavy atom. The third-order valence-corrected chi connectivity index (χ3v) is 2.76. The van der Waals surface area contributed by atoms with E-state index in [0.717, 1.165) is 18.4 Å². The molecule has 2 N–H and O–H groups in total. The molecule has 1 aromatic carbocycles. The number of carbonyl (C=O) groups excluding carboxylic acids is 1. The zero-order valence-corrected chi connectivity index (χ0v) is 9.88. The molecule has 0 bridgehead atoms. The minimum Gasteiger partial charge on any atom is -0.488 e. The van der Waals surface area contributed by atoms with Gasteiger partial charge in [0.05, 0.1) is 23.2 Å². The second-order valence-electron chi connectivity index (χ2n) is 4.07. The third kappa shape index (κ3) is 2.36. The molecule has 1 aromatic rings. The van der Waals surface area contributed by atoms with Crippen molar-refractivity contribution in [2.75, 3.05) is 6.54 Å². The van der Waals surface area contributed by atoms with Crippen LogP contribution in [0.3, 0.4) is 0 Å². The summed E-state index contributed by atoms with van der Waals surface area (Å²) in [5, 5.41) is 0.490. The van der Waals surface area contributed by atoms with E-state index in [2.05, 4.69) is 0 Å². The molecule has 0 aliphatic heterocycles. The van der Waals surface area contributed by atoms with Crippen molar-refractivity contribution in [2.24, 2.45) is 5.73 Å². The minimum absolute atomic E-state index is 0.0270. The van der Waals surface area contributed by atoms with Crippen LogP contribution >= 0.6 is 11.6 Å². The smallest absolute Gasteiger partial charge is 0.180 e. The molecule has 0 heterocycles.